The molecule has 0 aromatic heterocycles. The molecule has 1 atom stereocenters. The van der Waals surface area contributed by atoms with Crippen molar-refractivity contribution in [3.63, 3.8) is 0 Å². The van der Waals surface area contributed by atoms with Crippen LogP contribution in [0.5, 0.6) is 0 Å². The summed E-state index contributed by atoms with van der Waals surface area (Å²) in [5.74, 6) is -0.670. The Morgan fingerprint density at radius 2 is 2.10 bits per heavy atom. The second-order valence-electron chi connectivity index (χ2n) is 5.91. The molecule has 0 saturated heterocycles. The summed E-state index contributed by atoms with van der Waals surface area (Å²) in [7, 11) is 0. The number of aryl methyl sites for hydroxylation is 1. The van der Waals surface area contributed by atoms with E-state index in [0.29, 0.717) is 13.0 Å². The Morgan fingerprint density at radius 1 is 1.38 bits per heavy atom. The molecule has 5 nitrogen and oxygen atoms in total. The minimum Gasteiger partial charge on any atom is -0.478 e. The van der Waals surface area contributed by atoms with E-state index in [1.807, 2.05) is 13.8 Å². The van der Waals surface area contributed by atoms with Crippen molar-refractivity contribution in [2.24, 2.45) is 11.7 Å². The zero-order chi connectivity index (χ0) is 15.6. The summed E-state index contributed by atoms with van der Waals surface area (Å²) < 4.78 is 0. The molecule has 1 aliphatic heterocycles. The zero-order valence-electron chi connectivity index (χ0n) is 12.5. The van der Waals surface area contributed by atoms with Crippen LogP contribution in [-0.2, 0) is 11.2 Å². The van der Waals surface area contributed by atoms with Crippen LogP contribution in [0, 0.1) is 5.92 Å². The molecule has 0 saturated carbocycles. The van der Waals surface area contributed by atoms with Gasteiger partial charge in [-0.2, -0.15) is 0 Å². The van der Waals surface area contributed by atoms with Crippen LogP contribution >= 0.6 is 0 Å². The van der Waals surface area contributed by atoms with Gasteiger partial charge in [0.25, 0.3) is 0 Å². The van der Waals surface area contributed by atoms with Crippen LogP contribution in [0.1, 0.15) is 42.6 Å². The SMILES string of the molecule is CC(C)C(N)CC(=O)N1CCCc2cc(C(=O)O)ccc21. The number of benzene rings is 1. The number of nitrogens with two attached hydrogens (primary N) is 1. The van der Waals surface area contributed by atoms with Crippen LogP contribution in [-0.4, -0.2) is 29.6 Å². The van der Waals surface area contributed by atoms with E-state index >= 15 is 0 Å². The Bertz CT molecular complexity index is 554. The fraction of sp³-hybridized carbons (Fsp3) is 0.500. The molecule has 0 aliphatic carbocycles. The lowest BCUT2D eigenvalue weighted by Gasteiger charge is -2.31. The molecule has 5 heteroatoms. The number of hydrogen-bond acceptors (Lipinski definition) is 3. The summed E-state index contributed by atoms with van der Waals surface area (Å²) >= 11 is 0. The smallest absolute Gasteiger partial charge is 0.335 e. The van der Waals surface area contributed by atoms with E-state index in [0.717, 1.165) is 24.1 Å². The highest BCUT2D eigenvalue weighted by Crippen LogP contribution is 2.29. The van der Waals surface area contributed by atoms with Crippen molar-refractivity contribution < 1.29 is 14.7 Å². The molecule has 1 unspecified atom stereocenters. The van der Waals surface area contributed by atoms with Crippen molar-refractivity contribution in [1.82, 2.24) is 0 Å². The van der Waals surface area contributed by atoms with Crippen molar-refractivity contribution in [3.05, 3.63) is 29.3 Å². The number of carbonyl (C=O) groups excluding carboxylic acids is 1. The summed E-state index contributed by atoms with van der Waals surface area (Å²) in [5.41, 5.74) is 8.00. The van der Waals surface area contributed by atoms with E-state index in [4.69, 9.17) is 10.8 Å². The van der Waals surface area contributed by atoms with Crippen LogP contribution in [0.25, 0.3) is 0 Å². The van der Waals surface area contributed by atoms with Gasteiger partial charge in [0, 0.05) is 24.7 Å². The molecule has 1 amide bonds. The number of carbonyl (C=O) groups is 2. The van der Waals surface area contributed by atoms with Crippen LogP contribution < -0.4 is 10.6 Å². The molecule has 0 spiro atoms. The first-order chi connectivity index (χ1) is 9.90. The zero-order valence-corrected chi connectivity index (χ0v) is 12.5. The first kappa shape index (κ1) is 15.5. The number of amides is 1. The normalized spacial score (nSPS) is 15.7. The predicted octanol–water partition coefficient (Wildman–Crippen LogP) is 2.04. The van der Waals surface area contributed by atoms with Gasteiger partial charge in [0.15, 0.2) is 0 Å². The summed E-state index contributed by atoms with van der Waals surface area (Å²) in [6.07, 6.45) is 1.97. The number of carboxylic acid groups (broad SMARTS) is 1. The van der Waals surface area contributed by atoms with Crippen molar-refractivity contribution in [2.45, 2.75) is 39.2 Å². The lowest BCUT2D eigenvalue weighted by molar-refractivity contribution is -0.119. The number of hydrogen-bond donors (Lipinski definition) is 2. The largest absolute Gasteiger partial charge is 0.478 e. The summed E-state index contributed by atoms with van der Waals surface area (Å²) in [6, 6.07) is 4.80. The van der Waals surface area contributed by atoms with E-state index in [1.54, 1.807) is 23.1 Å². The van der Waals surface area contributed by atoms with Gasteiger partial charge in [-0.3, -0.25) is 4.79 Å². The standard InChI is InChI=1S/C16H22N2O3/c1-10(2)13(17)9-15(19)18-7-3-4-11-8-12(16(20)21)5-6-14(11)18/h5-6,8,10,13H,3-4,7,9,17H2,1-2H3,(H,20,21). The minimum absolute atomic E-state index is 0.0141. The third-order valence-electron chi connectivity index (χ3n) is 4.01. The van der Waals surface area contributed by atoms with Gasteiger partial charge in [0.1, 0.15) is 0 Å². The van der Waals surface area contributed by atoms with Gasteiger partial charge < -0.3 is 15.7 Å². The van der Waals surface area contributed by atoms with Crippen molar-refractivity contribution >= 4 is 17.6 Å². The number of aromatic carboxylic acids is 1. The average molecular weight is 290 g/mol. The minimum atomic E-state index is -0.942. The number of rotatable bonds is 4. The Morgan fingerprint density at radius 3 is 2.71 bits per heavy atom. The first-order valence-corrected chi connectivity index (χ1v) is 7.32. The van der Waals surface area contributed by atoms with Gasteiger partial charge in [-0.1, -0.05) is 13.8 Å². The molecule has 1 aromatic carbocycles. The van der Waals surface area contributed by atoms with E-state index < -0.39 is 5.97 Å². The summed E-state index contributed by atoms with van der Waals surface area (Å²) in [5, 5.41) is 9.04. The highest BCUT2D eigenvalue weighted by atomic mass is 16.4. The lowest BCUT2D eigenvalue weighted by atomic mass is 9.97. The first-order valence-electron chi connectivity index (χ1n) is 7.32. The van der Waals surface area contributed by atoms with E-state index in [9.17, 15) is 9.59 Å². The molecule has 0 fully saturated rings. The quantitative estimate of drug-likeness (QED) is 0.888. The van der Waals surface area contributed by atoms with E-state index in [1.165, 1.54) is 0 Å². The Hall–Kier alpha value is -1.88. The Labute approximate surface area is 124 Å². The molecular weight excluding hydrogens is 268 g/mol. The third-order valence-corrected chi connectivity index (χ3v) is 4.01. The van der Waals surface area contributed by atoms with Gasteiger partial charge in [0.2, 0.25) is 5.91 Å². The fourth-order valence-electron chi connectivity index (χ4n) is 2.54. The Kier molecular flexibility index (Phi) is 4.63. The van der Waals surface area contributed by atoms with E-state index in [2.05, 4.69) is 0 Å². The second-order valence-corrected chi connectivity index (χ2v) is 5.91. The van der Waals surface area contributed by atoms with Gasteiger partial charge >= 0.3 is 5.97 Å². The number of anilines is 1. The van der Waals surface area contributed by atoms with Crippen LogP contribution in [0.2, 0.25) is 0 Å². The van der Waals surface area contributed by atoms with Crippen LogP contribution in [0.4, 0.5) is 5.69 Å². The molecule has 1 heterocycles. The maximum absolute atomic E-state index is 12.4. The number of nitrogens with zero attached hydrogens (tertiary/aromatic N) is 1. The molecule has 21 heavy (non-hydrogen) atoms. The highest BCUT2D eigenvalue weighted by Gasteiger charge is 2.25. The van der Waals surface area contributed by atoms with Crippen molar-refractivity contribution in [1.29, 1.82) is 0 Å². The van der Waals surface area contributed by atoms with Crippen LogP contribution in [0.15, 0.2) is 18.2 Å². The van der Waals surface area contributed by atoms with Crippen molar-refractivity contribution in [2.75, 3.05) is 11.4 Å². The molecule has 3 N–H and O–H groups in total. The number of fused-ring (bicyclic) bond motifs is 1. The number of carboxylic acids is 1. The average Bonchev–Trinajstić information content (AvgIpc) is 2.45. The molecule has 0 bridgehead atoms. The topological polar surface area (TPSA) is 83.6 Å². The van der Waals surface area contributed by atoms with Crippen LogP contribution in [0.3, 0.4) is 0 Å². The molecule has 1 aliphatic rings. The van der Waals surface area contributed by atoms with Gasteiger partial charge in [-0.15, -0.1) is 0 Å². The Balaban J connectivity index is 2.22. The molecule has 2 rings (SSSR count). The van der Waals surface area contributed by atoms with E-state index in [-0.39, 0.29) is 23.4 Å². The predicted molar refractivity (Wildman–Crippen MR) is 81.5 cm³/mol. The highest BCUT2D eigenvalue weighted by molar-refractivity contribution is 5.96. The van der Waals surface area contributed by atoms with Gasteiger partial charge in [0.05, 0.1) is 5.56 Å². The second kappa shape index (κ2) is 6.26. The third kappa shape index (κ3) is 3.42. The maximum Gasteiger partial charge on any atom is 0.335 e. The molecular formula is C16H22N2O3. The van der Waals surface area contributed by atoms with Crippen molar-refractivity contribution in [3.8, 4) is 0 Å². The lowest BCUT2D eigenvalue weighted by Crippen LogP contribution is -2.40. The maximum atomic E-state index is 12.4. The molecule has 0 radical (unpaired) electrons. The van der Waals surface area contributed by atoms with Gasteiger partial charge in [-0.05, 0) is 42.5 Å². The monoisotopic (exact) mass is 290 g/mol. The van der Waals surface area contributed by atoms with Gasteiger partial charge in [-0.25, -0.2) is 4.79 Å². The molecule has 1 aromatic rings. The summed E-state index contributed by atoms with van der Waals surface area (Å²) in [4.78, 5) is 25.2. The fourth-order valence-corrected chi connectivity index (χ4v) is 2.54. The summed E-state index contributed by atoms with van der Waals surface area (Å²) in [6.45, 7) is 4.67. The molecule has 114 valence electrons.